The summed E-state index contributed by atoms with van der Waals surface area (Å²) >= 11 is 7.88. The minimum absolute atomic E-state index is 0.389. The monoisotopic (exact) mass is 326 g/mol. The van der Waals surface area contributed by atoms with Crippen molar-refractivity contribution in [3.63, 3.8) is 0 Å². The third-order valence-electron chi connectivity index (χ3n) is 3.15. The van der Waals surface area contributed by atoms with E-state index in [4.69, 9.17) is 21.1 Å². The number of nitrogens with zero attached hydrogens (tertiary/aromatic N) is 1. The number of ether oxygens (including phenoxy) is 2. The summed E-state index contributed by atoms with van der Waals surface area (Å²) in [6, 6.07) is 3.83. The van der Waals surface area contributed by atoms with E-state index in [1.807, 2.05) is 23.7 Å². The summed E-state index contributed by atoms with van der Waals surface area (Å²) in [4.78, 5) is 4.33. The Hall–Kier alpha value is -1.30. The summed E-state index contributed by atoms with van der Waals surface area (Å²) in [5.74, 6) is 1.61. The zero-order valence-electron chi connectivity index (χ0n) is 12.4. The molecule has 0 aliphatic heterocycles. The number of halogens is 1. The standard InChI is InChI=1S/C15H19ClN2O2S/c1-10(15-18-4-5-21-15)8-17-9-11-6-12(16)14(20-3)13(7-11)19-2/h4-7,10,17H,8-9H2,1-3H3. The fraction of sp³-hybridized carbons (Fsp3) is 0.400. The van der Waals surface area contributed by atoms with Gasteiger partial charge in [0.2, 0.25) is 0 Å². The maximum Gasteiger partial charge on any atom is 0.179 e. The minimum Gasteiger partial charge on any atom is -0.493 e. The van der Waals surface area contributed by atoms with Gasteiger partial charge < -0.3 is 14.8 Å². The predicted molar refractivity (Wildman–Crippen MR) is 86.8 cm³/mol. The van der Waals surface area contributed by atoms with Crippen LogP contribution >= 0.6 is 22.9 Å². The molecule has 0 aliphatic carbocycles. The number of benzene rings is 1. The quantitative estimate of drug-likeness (QED) is 0.842. The summed E-state index contributed by atoms with van der Waals surface area (Å²) in [5, 5.41) is 7.12. The van der Waals surface area contributed by atoms with Crippen LogP contribution < -0.4 is 14.8 Å². The van der Waals surface area contributed by atoms with Gasteiger partial charge in [-0.25, -0.2) is 4.98 Å². The van der Waals surface area contributed by atoms with Gasteiger partial charge in [0.1, 0.15) is 0 Å². The van der Waals surface area contributed by atoms with Gasteiger partial charge in [0.05, 0.1) is 24.2 Å². The molecule has 0 saturated carbocycles. The van der Waals surface area contributed by atoms with Crippen molar-refractivity contribution in [2.24, 2.45) is 0 Å². The number of hydrogen-bond donors (Lipinski definition) is 1. The van der Waals surface area contributed by atoms with Crippen LogP contribution in [-0.2, 0) is 6.54 Å². The first-order valence-corrected chi connectivity index (χ1v) is 7.92. The maximum atomic E-state index is 6.20. The van der Waals surface area contributed by atoms with Crippen LogP contribution in [0.4, 0.5) is 0 Å². The Balaban J connectivity index is 1.96. The second kappa shape index (κ2) is 7.64. The van der Waals surface area contributed by atoms with Gasteiger partial charge in [0.25, 0.3) is 0 Å². The molecular formula is C15H19ClN2O2S. The van der Waals surface area contributed by atoms with Crippen molar-refractivity contribution in [2.75, 3.05) is 20.8 Å². The molecule has 0 bridgehead atoms. The van der Waals surface area contributed by atoms with Crippen LogP contribution in [0.2, 0.25) is 5.02 Å². The Morgan fingerprint density at radius 2 is 2.14 bits per heavy atom. The largest absolute Gasteiger partial charge is 0.493 e. The average Bonchev–Trinajstić information content (AvgIpc) is 3.00. The highest BCUT2D eigenvalue weighted by atomic mass is 35.5. The lowest BCUT2D eigenvalue weighted by molar-refractivity contribution is 0.354. The van der Waals surface area contributed by atoms with Crippen molar-refractivity contribution >= 4 is 22.9 Å². The second-order valence-corrected chi connectivity index (χ2v) is 6.05. The summed E-state index contributed by atoms with van der Waals surface area (Å²) in [5.41, 5.74) is 1.06. The smallest absolute Gasteiger partial charge is 0.179 e. The Morgan fingerprint density at radius 1 is 1.33 bits per heavy atom. The molecule has 0 aliphatic rings. The van der Waals surface area contributed by atoms with Gasteiger partial charge in [-0.2, -0.15) is 0 Å². The molecule has 1 N–H and O–H groups in total. The molecule has 21 heavy (non-hydrogen) atoms. The first-order chi connectivity index (χ1) is 10.2. The second-order valence-electron chi connectivity index (χ2n) is 4.72. The highest BCUT2D eigenvalue weighted by Gasteiger charge is 2.11. The molecule has 2 rings (SSSR count). The topological polar surface area (TPSA) is 43.4 Å². The van der Waals surface area contributed by atoms with Crippen molar-refractivity contribution in [3.8, 4) is 11.5 Å². The minimum atomic E-state index is 0.389. The Morgan fingerprint density at radius 3 is 2.76 bits per heavy atom. The Labute approximate surface area is 134 Å². The zero-order valence-corrected chi connectivity index (χ0v) is 13.9. The lowest BCUT2D eigenvalue weighted by Crippen LogP contribution is -2.19. The molecule has 1 atom stereocenters. The van der Waals surface area contributed by atoms with Crippen LogP contribution in [0, 0.1) is 0 Å². The molecule has 2 aromatic rings. The van der Waals surface area contributed by atoms with Crippen LogP contribution in [0.3, 0.4) is 0 Å². The molecule has 0 saturated heterocycles. The highest BCUT2D eigenvalue weighted by molar-refractivity contribution is 7.09. The van der Waals surface area contributed by atoms with Gasteiger partial charge in [0.15, 0.2) is 11.5 Å². The van der Waals surface area contributed by atoms with Crippen molar-refractivity contribution < 1.29 is 9.47 Å². The fourth-order valence-corrected chi connectivity index (χ4v) is 3.08. The van der Waals surface area contributed by atoms with E-state index < -0.39 is 0 Å². The van der Waals surface area contributed by atoms with Gasteiger partial charge in [-0.3, -0.25) is 0 Å². The van der Waals surface area contributed by atoms with Crippen molar-refractivity contribution in [1.29, 1.82) is 0 Å². The average molecular weight is 327 g/mol. The number of aromatic nitrogens is 1. The van der Waals surface area contributed by atoms with Gasteiger partial charge in [0, 0.05) is 30.6 Å². The lowest BCUT2D eigenvalue weighted by atomic mass is 10.1. The maximum absolute atomic E-state index is 6.20. The molecule has 1 aromatic heterocycles. The normalized spacial score (nSPS) is 12.2. The molecule has 1 unspecified atom stereocenters. The number of rotatable bonds is 7. The molecule has 6 heteroatoms. The van der Waals surface area contributed by atoms with Crippen LogP contribution in [0.5, 0.6) is 11.5 Å². The zero-order chi connectivity index (χ0) is 15.2. The molecule has 0 amide bonds. The number of nitrogens with one attached hydrogen (secondary N) is 1. The van der Waals surface area contributed by atoms with E-state index in [-0.39, 0.29) is 0 Å². The number of methoxy groups -OCH3 is 2. The van der Waals surface area contributed by atoms with Crippen molar-refractivity contribution in [1.82, 2.24) is 10.3 Å². The van der Waals surface area contributed by atoms with E-state index in [9.17, 15) is 0 Å². The Kier molecular flexibility index (Phi) is 5.85. The lowest BCUT2D eigenvalue weighted by Gasteiger charge is -2.13. The summed E-state index contributed by atoms with van der Waals surface area (Å²) in [6.07, 6.45) is 1.84. The van der Waals surface area contributed by atoms with Crippen molar-refractivity contribution in [3.05, 3.63) is 39.3 Å². The van der Waals surface area contributed by atoms with Gasteiger partial charge in [-0.05, 0) is 17.7 Å². The van der Waals surface area contributed by atoms with E-state index in [2.05, 4.69) is 17.2 Å². The number of hydrogen-bond acceptors (Lipinski definition) is 5. The van der Waals surface area contributed by atoms with Gasteiger partial charge in [-0.1, -0.05) is 18.5 Å². The Bertz CT molecular complexity index is 575. The van der Waals surface area contributed by atoms with Crippen LogP contribution in [0.15, 0.2) is 23.7 Å². The number of thiazole rings is 1. The van der Waals surface area contributed by atoms with Crippen LogP contribution in [0.1, 0.15) is 23.4 Å². The summed E-state index contributed by atoms with van der Waals surface area (Å²) in [7, 11) is 3.19. The fourth-order valence-electron chi connectivity index (χ4n) is 2.07. The molecule has 1 aromatic carbocycles. The summed E-state index contributed by atoms with van der Waals surface area (Å²) < 4.78 is 10.5. The predicted octanol–water partition coefficient (Wildman–Crippen LogP) is 3.71. The third-order valence-corrected chi connectivity index (χ3v) is 4.43. The highest BCUT2D eigenvalue weighted by Crippen LogP contribution is 2.35. The van der Waals surface area contributed by atoms with E-state index in [0.717, 1.165) is 23.7 Å². The molecular weight excluding hydrogens is 308 g/mol. The van der Waals surface area contributed by atoms with E-state index in [1.165, 1.54) is 0 Å². The third kappa shape index (κ3) is 4.09. The van der Waals surface area contributed by atoms with Crippen LogP contribution in [0.25, 0.3) is 0 Å². The molecule has 0 spiro atoms. The molecule has 1 heterocycles. The van der Waals surface area contributed by atoms with Crippen LogP contribution in [-0.4, -0.2) is 25.7 Å². The first kappa shape index (κ1) is 16.1. The van der Waals surface area contributed by atoms with Crippen molar-refractivity contribution in [2.45, 2.75) is 19.4 Å². The summed E-state index contributed by atoms with van der Waals surface area (Å²) in [6.45, 7) is 3.74. The first-order valence-electron chi connectivity index (χ1n) is 6.66. The molecule has 0 radical (unpaired) electrons. The van der Waals surface area contributed by atoms with Gasteiger partial charge >= 0.3 is 0 Å². The van der Waals surface area contributed by atoms with E-state index >= 15 is 0 Å². The molecule has 114 valence electrons. The van der Waals surface area contributed by atoms with Gasteiger partial charge in [-0.15, -0.1) is 11.3 Å². The molecule has 4 nitrogen and oxygen atoms in total. The SMILES string of the molecule is COc1cc(CNCC(C)c2nccs2)cc(Cl)c1OC. The van der Waals surface area contributed by atoms with E-state index in [0.29, 0.717) is 22.4 Å². The van der Waals surface area contributed by atoms with E-state index in [1.54, 1.807) is 25.6 Å². The molecule has 0 fully saturated rings.